The summed E-state index contributed by atoms with van der Waals surface area (Å²) in [5, 5.41) is 15.9. The van der Waals surface area contributed by atoms with Gasteiger partial charge in [-0.3, -0.25) is 4.79 Å². The molecule has 0 aliphatic heterocycles. The second-order valence-electron chi connectivity index (χ2n) is 7.40. The number of aliphatic hydroxyl groups is 1. The summed E-state index contributed by atoms with van der Waals surface area (Å²) >= 11 is 12.1. The number of aliphatic hydroxyl groups excluding tert-OH is 1. The molecule has 0 fully saturated rings. The molecule has 2 aromatic rings. The van der Waals surface area contributed by atoms with Crippen LogP contribution >= 0.6 is 23.2 Å². The second kappa shape index (κ2) is 9.96. The predicted molar refractivity (Wildman–Crippen MR) is 113 cm³/mol. The molecule has 3 N–H and O–H groups in total. The van der Waals surface area contributed by atoms with Gasteiger partial charge in [0.05, 0.1) is 12.6 Å². The summed E-state index contributed by atoms with van der Waals surface area (Å²) in [5.41, 5.74) is 0.359. The molecular weight excluding hydrogens is 415 g/mol. The molecule has 0 spiro atoms. The van der Waals surface area contributed by atoms with Crippen molar-refractivity contribution in [3.8, 4) is 0 Å². The number of rotatable bonds is 6. The Labute approximate surface area is 180 Å². The topological polar surface area (TPSA) is 87.7 Å². The van der Waals surface area contributed by atoms with Gasteiger partial charge in [0.15, 0.2) is 0 Å². The number of halogens is 2. The molecule has 6 nitrogen and oxygen atoms in total. The van der Waals surface area contributed by atoms with Gasteiger partial charge in [-0.05, 0) is 44.0 Å². The molecule has 2 unspecified atom stereocenters. The summed E-state index contributed by atoms with van der Waals surface area (Å²) in [6, 6.07) is 11.7. The quantitative estimate of drug-likeness (QED) is 0.622. The molecule has 0 heterocycles. The van der Waals surface area contributed by atoms with Crippen molar-refractivity contribution in [2.45, 2.75) is 38.5 Å². The summed E-state index contributed by atoms with van der Waals surface area (Å²) in [5.74, 6) is -0.521. The molecule has 2 rings (SSSR count). The van der Waals surface area contributed by atoms with Crippen LogP contribution in [0, 0.1) is 0 Å². The van der Waals surface area contributed by atoms with E-state index in [1.165, 1.54) is 6.07 Å². The first kappa shape index (κ1) is 23.0. The summed E-state index contributed by atoms with van der Waals surface area (Å²) in [6.45, 7) is 4.80. The molecule has 0 radical (unpaired) electrons. The number of carbonyl (C=O) groups excluding carboxylic acids is 2. The Morgan fingerprint density at radius 1 is 1.07 bits per heavy atom. The Kier molecular flexibility index (Phi) is 7.90. The third-order valence-electron chi connectivity index (χ3n) is 3.89. The molecule has 29 heavy (non-hydrogen) atoms. The minimum absolute atomic E-state index is 0.313. The molecule has 2 atom stereocenters. The van der Waals surface area contributed by atoms with Crippen molar-refractivity contribution in [2.75, 3.05) is 6.61 Å². The van der Waals surface area contributed by atoms with E-state index in [4.69, 9.17) is 27.9 Å². The molecule has 0 saturated heterocycles. The van der Waals surface area contributed by atoms with Crippen LogP contribution in [0.3, 0.4) is 0 Å². The normalized spacial score (nSPS) is 13.3. The molecule has 0 saturated carbocycles. The highest BCUT2D eigenvalue weighted by Crippen LogP contribution is 2.27. The number of alkyl carbamates (subject to hydrolysis) is 1. The van der Waals surface area contributed by atoms with Gasteiger partial charge < -0.3 is 20.5 Å². The first-order valence-electron chi connectivity index (χ1n) is 9.01. The summed E-state index contributed by atoms with van der Waals surface area (Å²) in [6.07, 6.45) is -0.730. The van der Waals surface area contributed by atoms with Crippen LogP contribution in [0.5, 0.6) is 0 Å². The first-order chi connectivity index (χ1) is 13.6. The number of ether oxygens (including phenoxy) is 1. The standard InChI is InChI=1S/C21H24Cl2N2O4/c1-21(2,3)29-20(28)25-18(13-7-5-4-6-8-13)19(27)24-17(12-26)15-10-9-14(22)11-16(15)23/h4-11,17-18,26H,12H2,1-3H3,(H,24,27)(H,25,28). The maximum absolute atomic E-state index is 13.0. The van der Waals surface area contributed by atoms with E-state index in [0.29, 0.717) is 21.2 Å². The van der Waals surface area contributed by atoms with Gasteiger partial charge in [0.2, 0.25) is 5.91 Å². The smallest absolute Gasteiger partial charge is 0.408 e. The zero-order valence-corrected chi connectivity index (χ0v) is 17.9. The van der Waals surface area contributed by atoms with Crippen molar-refractivity contribution in [1.29, 1.82) is 0 Å². The molecule has 8 heteroatoms. The average molecular weight is 439 g/mol. The minimum Gasteiger partial charge on any atom is -0.444 e. The van der Waals surface area contributed by atoms with Crippen molar-refractivity contribution in [2.24, 2.45) is 0 Å². The fourth-order valence-corrected chi connectivity index (χ4v) is 3.17. The van der Waals surface area contributed by atoms with Crippen LogP contribution in [0.25, 0.3) is 0 Å². The Bertz CT molecular complexity index is 854. The highest BCUT2D eigenvalue weighted by Gasteiger charge is 2.28. The number of benzene rings is 2. The summed E-state index contributed by atoms with van der Waals surface area (Å²) < 4.78 is 5.27. The van der Waals surface area contributed by atoms with Crippen LogP contribution in [0.1, 0.15) is 44.0 Å². The maximum atomic E-state index is 13.0. The number of amides is 2. The predicted octanol–water partition coefficient (Wildman–Crippen LogP) is 4.41. The lowest BCUT2D eigenvalue weighted by molar-refractivity contribution is -0.124. The van der Waals surface area contributed by atoms with Crippen LogP contribution in [0.2, 0.25) is 10.0 Å². The van der Waals surface area contributed by atoms with E-state index in [2.05, 4.69) is 10.6 Å². The Morgan fingerprint density at radius 3 is 2.28 bits per heavy atom. The third kappa shape index (κ3) is 6.92. The van der Waals surface area contributed by atoms with Gasteiger partial charge >= 0.3 is 6.09 Å². The van der Waals surface area contributed by atoms with Gasteiger partial charge in [0.1, 0.15) is 11.6 Å². The molecule has 0 aliphatic carbocycles. The van der Waals surface area contributed by atoms with Crippen LogP contribution in [-0.2, 0) is 9.53 Å². The Balaban J connectivity index is 2.25. The van der Waals surface area contributed by atoms with Crippen molar-refractivity contribution < 1.29 is 19.4 Å². The van der Waals surface area contributed by atoms with Gasteiger partial charge in [-0.15, -0.1) is 0 Å². The largest absolute Gasteiger partial charge is 0.444 e. The van der Waals surface area contributed by atoms with Gasteiger partial charge in [-0.25, -0.2) is 4.79 Å². The average Bonchev–Trinajstić information content (AvgIpc) is 2.64. The van der Waals surface area contributed by atoms with Gasteiger partial charge in [0.25, 0.3) is 0 Å². The maximum Gasteiger partial charge on any atom is 0.408 e. The number of carbonyl (C=O) groups is 2. The molecule has 156 valence electrons. The van der Waals surface area contributed by atoms with Crippen LogP contribution in [0.4, 0.5) is 4.79 Å². The summed E-state index contributed by atoms with van der Waals surface area (Å²) in [7, 11) is 0. The molecule has 0 bridgehead atoms. The van der Waals surface area contributed by atoms with Crippen molar-refractivity contribution in [1.82, 2.24) is 10.6 Å². The van der Waals surface area contributed by atoms with Crippen LogP contribution < -0.4 is 10.6 Å². The van der Waals surface area contributed by atoms with E-state index in [1.807, 2.05) is 0 Å². The van der Waals surface area contributed by atoms with E-state index >= 15 is 0 Å². The number of hydrogen-bond acceptors (Lipinski definition) is 4. The van der Waals surface area contributed by atoms with E-state index in [1.54, 1.807) is 63.2 Å². The van der Waals surface area contributed by atoms with Crippen molar-refractivity contribution in [3.63, 3.8) is 0 Å². The lowest BCUT2D eigenvalue weighted by atomic mass is 10.0. The van der Waals surface area contributed by atoms with E-state index in [0.717, 1.165) is 0 Å². The number of hydrogen-bond donors (Lipinski definition) is 3. The van der Waals surface area contributed by atoms with Gasteiger partial charge in [0, 0.05) is 10.0 Å². The SMILES string of the molecule is CC(C)(C)OC(=O)NC(C(=O)NC(CO)c1ccc(Cl)cc1Cl)c1ccccc1. The zero-order chi connectivity index (χ0) is 21.6. The summed E-state index contributed by atoms with van der Waals surface area (Å²) in [4.78, 5) is 25.3. The molecule has 0 aliphatic rings. The molecule has 0 aromatic heterocycles. The second-order valence-corrected chi connectivity index (χ2v) is 8.24. The highest BCUT2D eigenvalue weighted by molar-refractivity contribution is 6.35. The lowest BCUT2D eigenvalue weighted by Crippen LogP contribution is -2.44. The monoisotopic (exact) mass is 438 g/mol. The fraction of sp³-hybridized carbons (Fsp3) is 0.333. The first-order valence-corrected chi connectivity index (χ1v) is 9.77. The highest BCUT2D eigenvalue weighted by atomic mass is 35.5. The fourth-order valence-electron chi connectivity index (χ4n) is 2.63. The van der Waals surface area contributed by atoms with Gasteiger partial charge in [-0.1, -0.05) is 59.6 Å². The number of nitrogens with one attached hydrogen (secondary N) is 2. The van der Waals surface area contributed by atoms with E-state index in [-0.39, 0.29) is 6.61 Å². The van der Waals surface area contributed by atoms with Crippen LogP contribution in [0.15, 0.2) is 48.5 Å². The minimum atomic E-state index is -1.02. The zero-order valence-electron chi connectivity index (χ0n) is 16.4. The third-order valence-corrected chi connectivity index (χ3v) is 4.46. The van der Waals surface area contributed by atoms with Crippen LogP contribution in [-0.4, -0.2) is 29.3 Å². The lowest BCUT2D eigenvalue weighted by Gasteiger charge is -2.25. The van der Waals surface area contributed by atoms with E-state index < -0.39 is 29.7 Å². The molecular formula is C21H24Cl2N2O4. The van der Waals surface area contributed by atoms with Crippen molar-refractivity contribution in [3.05, 3.63) is 69.7 Å². The van der Waals surface area contributed by atoms with Gasteiger partial charge in [-0.2, -0.15) is 0 Å². The van der Waals surface area contributed by atoms with Crippen molar-refractivity contribution >= 4 is 35.2 Å². The Morgan fingerprint density at radius 2 is 1.72 bits per heavy atom. The Hall–Kier alpha value is -2.28. The molecule has 2 amide bonds. The van der Waals surface area contributed by atoms with E-state index in [9.17, 15) is 14.7 Å². The molecule has 2 aromatic carbocycles.